The van der Waals surface area contributed by atoms with Crippen LogP contribution in [0.15, 0.2) is 12.1 Å². The summed E-state index contributed by atoms with van der Waals surface area (Å²) < 4.78 is 0. The van der Waals surface area contributed by atoms with E-state index in [0.717, 1.165) is 16.8 Å². The second-order valence-electron chi connectivity index (χ2n) is 3.27. The van der Waals surface area contributed by atoms with Gasteiger partial charge in [0.1, 0.15) is 0 Å². The van der Waals surface area contributed by atoms with Crippen molar-refractivity contribution in [3.05, 3.63) is 28.8 Å². The van der Waals surface area contributed by atoms with E-state index in [1.54, 1.807) is 7.05 Å². The van der Waals surface area contributed by atoms with E-state index in [-0.39, 0.29) is 0 Å². The molecular formula is C10H15NO. The van der Waals surface area contributed by atoms with Gasteiger partial charge in [-0.25, -0.2) is 0 Å². The molecule has 1 aromatic rings. The van der Waals surface area contributed by atoms with Gasteiger partial charge in [0.05, 0.1) is 5.69 Å². The Morgan fingerprint density at radius 3 is 1.83 bits per heavy atom. The van der Waals surface area contributed by atoms with E-state index in [0.29, 0.717) is 0 Å². The van der Waals surface area contributed by atoms with Crippen LogP contribution < -0.4 is 5.06 Å². The average Bonchev–Trinajstić information content (AvgIpc) is 1.82. The minimum Gasteiger partial charge on any atom is -0.289 e. The summed E-state index contributed by atoms with van der Waals surface area (Å²) in [6.07, 6.45) is 0. The standard InChI is InChI=1S/C10H15NO/c1-7-5-8(2)10(11(4)12)9(3)6-7/h5-6,12H,1-4H3. The third kappa shape index (κ3) is 1.59. The van der Waals surface area contributed by atoms with Gasteiger partial charge >= 0.3 is 0 Å². The predicted molar refractivity (Wildman–Crippen MR) is 50.8 cm³/mol. The van der Waals surface area contributed by atoms with E-state index in [1.807, 2.05) is 13.8 Å². The summed E-state index contributed by atoms with van der Waals surface area (Å²) in [5.74, 6) is 0. The van der Waals surface area contributed by atoms with Gasteiger partial charge in [-0.3, -0.25) is 10.3 Å². The smallest absolute Gasteiger partial charge is 0.0689 e. The van der Waals surface area contributed by atoms with Crippen LogP contribution >= 0.6 is 0 Å². The van der Waals surface area contributed by atoms with Crippen LogP contribution in [0.3, 0.4) is 0 Å². The van der Waals surface area contributed by atoms with Crippen LogP contribution in [0.2, 0.25) is 0 Å². The van der Waals surface area contributed by atoms with Crippen molar-refractivity contribution in [2.24, 2.45) is 0 Å². The SMILES string of the molecule is Cc1cc(C)c(N(C)O)c(C)c1. The number of nitrogens with zero attached hydrogens (tertiary/aromatic N) is 1. The molecule has 0 bridgehead atoms. The minimum atomic E-state index is 0.903. The van der Waals surface area contributed by atoms with Gasteiger partial charge in [-0.1, -0.05) is 17.7 Å². The summed E-state index contributed by atoms with van der Waals surface area (Å²) in [4.78, 5) is 0. The molecule has 1 rings (SSSR count). The van der Waals surface area contributed by atoms with E-state index in [1.165, 1.54) is 10.6 Å². The van der Waals surface area contributed by atoms with Gasteiger partial charge < -0.3 is 0 Å². The summed E-state index contributed by atoms with van der Waals surface area (Å²) in [5, 5.41) is 10.5. The predicted octanol–water partition coefficient (Wildman–Crippen LogP) is 2.44. The number of aryl methyl sites for hydroxylation is 3. The first-order valence-corrected chi connectivity index (χ1v) is 4.03. The van der Waals surface area contributed by atoms with Crippen molar-refractivity contribution in [3.63, 3.8) is 0 Å². The summed E-state index contributed by atoms with van der Waals surface area (Å²) in [6, 6.07) is 4.13. The molecule has 12 heavy (non-hydrogen) atoms. The van der Waals surface area contributed by atoms with Crippen molar-refractivity contribution in [1.29, 1.82) is 0 Å². The zero-order chi connectivity index (χ0) is 9.30. The van der Waals surface area contributed by atoms with Crippen molar-refractivity contribution in [2.75, 3.05) is 12.1 Å². The Morgan fingerprint density at radius 2 is 1.50 bits per heavy atom. The van der Waals surface area contributed by atoms with E-state index in [2.05, 4.69) is 19.1 Å². The normalized spacial score (nSPS) is 10.1. The first-order chi connectivity index (χ1) is 5.52. The Hall–Kier alpha value is -1.02. The summed E-state index contributed by atoms with van der Waals surface area (Å²) in [5.41, 5.74) is 4.35. The van der Waals surface area contributed by atoms with Crippen molar-refractivity contribution in [2.45, 2.75) is 20.8 Å². The zero-order valence-electron chi connectivity index (χ0n) is 8.05. The van der Waals surface area contributed by atoms with Gasteiger partial charge in [0.25, 0.3) is 0 Å². The van der Waals surface area contributed by atoms with E-state index >= 15 is 0 Å². The van der Waals surface area contributed by atoms with Gasteiger partial charge in [-0.05, 0) is 31.9 Å². The highest BCUT2D eigenvalue weighted by Gasteiger charge is 2.05. The van der Waals surface area contributed by atoms with Gasteiger partial charge in [-0.15, -0.1) is 0 Å². The van der Waals surface area contributed by atoms with Gasteiger partial charge in [-0.2, -0.15) is 0 Å². The fourth-order valence-electron chi connectivity index (χ4n) is 1.68. The Labute approximate surface area is 73.4 Å². The molecule has 0 fully saturated rings. The second-order valence-corrected chi connectivity index (χ2v) is 3.27. The lowest BCUT2D eigenvalue weighted by Gasteiger charge is -2.17. The first-order valence-electron chi connectivity index (χ1n) is 4.03. The third-order valence-electron chi connectivity index (χ3n) is 1.96. The Balaban J connectivity index is 3.28. The number of rotatable bonds is 1. The maximum Gasteiger partial charge on any atom is 0.0689 e. The lowest BCUT2D eigenvalue weighted by molar-refractivity contribution is 0.278. The molecule has 0 aliphatic rings. The third-order valence-corrected chi connectivity index (χ3v) is 1.96. The lowest BCUT2D eigenvalue weighted by Crippen LogP contribution is -2.13. The molecule has 2 heteroatoms. The van der Waals surface area contributed by atoms with Crippen LogP contribution in [0, 0.1) is 20.8 Å². The van der Waals surface area contributed by atoms with Crippen molar-refractivity contribution < 1.29 is 5.21 Å². The van der Waals surface area contributed by atoms with Crippen LogP contribution in [0.4, 0.5) is 5.69 Å². The van der Waals surface area contributed by atoms with E-state index in [4.69, 9.17) is 0 Å². The van der Waals surface area contributed by atoms with Crippen LogP contribution in [0.25, 0.3) is 0 Å². The molecule has 0 amide bonds. The Kier molecular flexibility index (Phi) is 2.38. The molecule has 2 nitrogen and oxygen atoms in total. The molecule has 66 valence electrons. The monoisotopic (exact) mass is 165 g/mol. The molecule has 1 aromatic carbocycles. The number of hydroxylamine groups is 1. The maximum atomic E-state index is 9.31. The van der Waals surface area contributed by atoms with Gasteiger partial charge in [0.2, 0.25) is 0 Å². The molecule has 0 aliphatic heterocycles. The first kappa shape index (κ1) is 9.07. The van der Waals surface area contributed by atoms with E-state index in [9.17, 15) is 5.21 Å². The number of hydrogen-bond donors (Lipinski definition) is 1. The van der Waals surface area contributed by atoms with Crippen molar-refractivity contribution in [3.8, 4) is 0 Å². The summed E-state index contributed by atoms with van der Waals surface area (Å²) in [6.45, 7) is 6.06. The van der Waals surface area contributed by atoms with Crippen molar-refractivity contribution >= 4 is 5.69 Å². The number of hydrogen-bond acceptors (Lipinski definition) is 2. The van der Waals surface area contributed by atoms with Gasteiger partial charge in [0.15, 0.2) is 0 Å². The topological polar surface area (TPSA) is 23.5 Å². The molecule has 0 aliphatic carbocycles. The van der Waals surface area contributed by atoms with Crippen molar-refractivity contribution in [1.82, 2.24) is 0 Å². The van der Waals surface area contributed by atoms with Crippen LogP contribution in [0.1, 0.15) is 16.7 Å². The maximum absolute atomic E-state index is 9.31. The molecule has 0 saturated heterocycles. The van der Waals surface area contributed by atoms with Crippen LogP contribution in [0.5, 0.6) is 0 Å². The molecule has 0 unspecified atom stereocenters. The summed E-state index contributed by atoms with van der Waals surface area (Å²) >= 11 is 0. The molecule has 0 aromatic heterocycles. The van der Waals surface area contributed by atoms with Crippen LogP contribution in [-0.2, 0) is 0 Å². The molecular weight excluding hydrogens is 150 g/mol. The summed E-state index contributed by atoms with van der Waals surface area (Å²) in [7, 11) is 1.64. The molecule has 0 heterocycles. The molecule has 0 spiro atoms. The molecule has 0 radical (unpaired) electrons. The highest BCUT2D eigenvalue weighted by atomic mass is 16.5. The molecule has 0 atom stereocenters. The lowest BCUT2D eigenvalue weighted by atomic mass is 10.1. The number of benzene rings is 1. The fourth-order valence-corrected chi connectivity index (χ4v) is 1.68. The Morgan fingerprint density at radius 1 is 1.08 bits per heavy atom. The van der Waals surface area contributed by atoms with Gasteiger partial charge in [0, 0.05) is 7.05 Å². The largest absolute Gasteiger partial charge is 0.289 e. The van der Waals surface area contributed by atoms with E-state index < -0.39 is 0 Å². The molecule has 1 N–H and O–H groups in total. The second kappa shape index (κ2) is 3.15. The highest BCUT2D eigenvalue weighted by Crippen LogP contribution is 2.23. The highest BCUT2D eigenvalue weighted by molar-refractivity contribution is 5.57. The van der Waals surface area contributed by atoms with Crippen LogP contribution in [-0.4, -0.2) is 12.3 Å². The molecule has 0 saturated carbocycles. The average molecular weight is 165 g/mol. The quantitative estimate of drug-likeness (QED) is 0.646. The fraction of sp³-hybridized carbons (Fsp3) is 0.400. The zero-order valence-corrected chi connectivity index (χ0v) is 8.05. The minimum absolute atomic E-state index is 0.903. The number of anilines is 1. The Bertz CT molecular complexity index is 269.